The second kappa shape index (κ2) is 7.61. The molecule has 0 bridgehead atoms. The second-order valence-corrected chi connectivity index (χ2v) is 6.81. The number of H-pyrrole nitrogens is 3. The third kappa shape index (κ3) is 3.91. The first kappa shape index (κ1) is 17.9. The summed E-state index contributed by atoms with van der Waals surface area (Å²) in [6.45, 7) is 0. The molecule has 0 saturated heterocycles. The molecule has 0 aliphatic rings. The van der Waals surface area contributed by atoms with Crippen molar-refractivity contribution >= 4 is 34.4 Å². The lowest BCUT2D eigenvalue weighted by Gasteiger charge is -2.04. The monoisotopic (exact) mass is 396 g/mol. The predicted octanol–water partition coefficient (Wildman–Crippen LogP) is 2.38. The minimum absolute atomic E-state index is 0.154. The van der Waals surface area contributed by atoms with E-state index >= 15 is 0 Å². The Morgan fingerprint density at radius 2 is 1.93 bits per heavy atom. The van der Waals surface area contributed by atoms with Crippen molar-refractivity contribution in [3.63, 3.8) is 0 Å². The third-order valence-electron chi connectivity index (χ3n) is 3.96. The number of hydrogen-bond donors (Lipinski definition) is 4. The summed E-state index contributed by atoms with van der Waals surface area (Å²) in [5.41, 5.74) is 2.50. The first-order chi connectivity index (χ1) is 13.6. The molecule has 142 valence electrons. The number of ether oxygens (including phenoxy) is 1. The van der Waals surface area contributed by atoms with Gasteiger partial charge in [0.15, 0.2) is 5.82 Å². The van der Waals surface area contributed by atoms with Gasteiger partial charge >= 0.3 is 5.69 Å². The smallest absolute Gasteiger partial charge is 0.323 e. The standard InChI is InChI=1S/C18H16N6O3S/c1-27-12-5-2-10(3-6-12)16-22-18(24-23-16)28-9-15(25)19-11-4-7-13-14(8-11)21-17(26)20-13/h2-8H,9H2,1H3,(H,19,25)(H2,20,21,26)(H,22,23,24). The van der Waals surface area contributed by atoms with Gasteiger partial charge in [-0.25, -0.2) is 9.78 Å². The molecule has 0 aliphatic heterocycles. The van der Waals surface area contributed by atoms with Crippen LogP contribution in [0.1, 0.15) is 0 Å². The molecule has 0 fully saturated rings. The number of nitrogens with one attached hydrogen (secondary N) is 4. The van der Waals surface area contributed by atoms with Crippen LogP contribution < -0.4 is 15.7 Å². The molecule has 0 atom stereocenters. The number of methoxy groups -OCH3 is 1. The van der Waals surface area contributed by atoms with E-state index in [9.17, 15) is 9.59 Å². The largest absolute Gasteiger partial charge is 0.497 e. The molecule has 0 radical (unpaired) electrons. The lowest BCUT2D eigenvalue weighted by Crippen LogP contribution is -2.14. The number of amides is 1. The van der Waals surface area contributed by atoms with Crippen LogP contribution in [0.2, 0.25) is 0 Å². The van der Waals surface area contributed by atoms with E-state index in [0.29, 0.717) is 27.7 Å². The fourth-order valence-corrected chi connectivity index (χ4v) is 3.22. The molecule has 0 spiro atoms. The Labute approximate surface area is 162 Å². The van der Waals surface area contributed by atoms with Crippen molar-refractivity contribution in [3.05, 3.63) is 52.9 Å². The highest BCUT2D eigenvalue weighted by Gasteiger charge is 2.10. The molecule has 0 unspecified atom stereocenters. The summed E-state index contributed by atoms with van der Waals surface area (Å²) >= 11 is 1.22. The maximum atomic E-state index is 12.2. The Morgan fingerprint density at radius 3 is 2.71 bits per heavy atom. The fraction of sp³-hybridized carbons (Fsp3) is 0.111. The first-order valence-electron chi connectivity index (χ1n) is 8.32. The molecular weight excluding hydrogens is 380 g/mol. The molecule has 0 saturated carbocycles. The van der Waals surface area contributed by atoms with Crippen molar-refractivity contribution in [2.24, 2.45) is 0 Å². The first-order valence-corrected chi connectivity index (χ1v) is 9.31. The molecular formula is C18H16N6O3S. The fourth-order valence-electron chi connectivity index (χ4n) is 2.63. The summed E-state index contributed by atoms with van der Waals surface area (Å²) in [6.07, 6.45) is 0. The lowest BCUT2D eigenvalue weighted by molar-refractivity contribution is -0.113. The van der Waals surface area contributed by atoms with Crippen molar-refractivity contribution in [2.45, 2.75) is 5.16 Å². The van der Waals surface area contributed by atoms with Gasteiger partial charge in [-0.05, 0) is 42.5 Å². The van der Waals surface area contributed by atoms with E-state index in [1.54, 1.807) is 25.3 Å². The van der Waals surface area contributed by atoms with Gasteiger partial charge in [-0.2, -0.15) is 0 Å². The summed E-state index contributed by atoms with van der Waals surface area (Å²) in [4.78, 5) is 33.2. The highest BCUT2D eigenvalue weighted by molar-refractivity contribution is 7.99. The number of hydrogen-bond acceptors (Lipinski definition) is 6. The third-order valence-corrected chi connectivity index (χ3v) is 4.81. The zero-order valence-electron chi connectivity index (χ0n) is 14.8. The average molecular weight is 396 g/mol. The van der Waals surface area contributed by atoms with E-state index < -0.39 is 0 Å². The highest BCUT2D eigenvalue weighted by atomic mass is 32.2. The molecule has 2 aromatic carbocycles. The summed E-state index contributed by atoms with van der Waals surface area (Å²) in [7, 11) is 1.61. The van der Waals surface area contributed by atoms with Crippen LogP contribution >= 0.6 is 11.8 Å². The van der Waals surface area contributed by atoms with E-state index in [1.165, 1.54) is 11.8 Å². The molecule has 4 N–H and O–H groups in total. The van der Waals surface area contributed by atoms with E-state index in [1.807, 2.05) is 24.3 Å². The van der Waals surface area contributed by atoms with Gasteiger partial charge in [0, 0.05) is 11.3 Å². The molecule has 2 heterocycles. The number of carbonyl (C=O) groups is 1. The van der Waals surface area contributed by atoms with E-state index in [2.05, 4.69) is 30.5 Å². The molecule has 28 heavy (non-hydrogen) atoms. The zero-order valence-corrected chi connectivity index (χ0v) is 15.6. The Bertz CT molecular complexity index is 1180. The van der Waals surface area contributed by atoms with Gasteiger partial charge in [-0.1, -0.05) is 11.8 Å². The molecule has 0 aliphatic carbocycles. The Balaban J connectivity index is 1.36. The molecule has 2 aromatic heterocycles. The topological polar surface area (TPSA) is 129 Å². The SMILES string of the molecule is COc1ccc(-c2nc(SCC(=O)Nc3ccc4[nH]c(=O)[nH]c4c3)n[nH]2)cc1. The molecule has 1 amide bonds. The number of imidazole rings is 1. The lowest BCUT2D eigenvalue weighted by atomic mass is 10.2. The van der Waals surface area contributed by atoms with Crippen molar-refractivity contribution < 1.29 is 9.53 Å². The number of benzene rings is 2. The van der Waals surface area contributed by atoms with Gasteiger partial charge in [-0.15, -0.1) is 5.10 Å². The van der Waals surface area contributed by atoms with Crippen molar-refractivity contribution in [3.8, 4) is 17.1 Å². The number of aromatic nitrogens is 5. The van der Waals surface area contributed by atoms with Gasteiger partial charge in [0.25, 0.3) is 0 Å². The van der Waals surface area contributed by atoms with Crippen LogP contribution in [0.15, 0.2) is 52.4 Å². The van der Waals surface area contributed by atoms with Crippen molar-refractivity contribution in [1.82, 2.24) is 25.1 Å². The van der Waals surface area contributed by atoms with Gasteiger partial charge in [-0.3, -0.25) is 9.89 Å². The Morgan fingerprint density at radius 1 is 1.14 bits per heavy atom. The summed E-state index contributed by atoms with van der Waals surface area (Å²) < 4.78 is 5.13. The Kier molecular flexibility index (Phi) is 4.85. The summed E-state index contributed by atoms with van der Waals surface area (Å²) in [6, 6.07) is 12.6. The number of aromatic amines is 3. The van der Waals surface area contributed by atoms with Gasteiger partial charge < -0.3 is 20.0 Å². The summed E-state index contributed by atoms with van der Waals surface area (Å²) in [5.74, 6) is 1.34. The molecule has 4 rings (SSSR count). The number of fused-ring (bicyclic) bond motifs is 1. The minimum Gasteiger partial charge on any atom is -0.497 e. The van der Waals surface area contributed by atoms with Gasteiger partial charge in [0.05, 0.1) is 23.9 Å². The second-order valence-electron chi connectivity index (χ2n) is 5.87. The summed E-state index contributed by atoms with van der Waals surface area (Å²) in [5, 5.41) is 10.3. The number of anilines is 1. The van der Waals surface area contributed by atoms with E-state index in [0.717, 1.165) is 11.3 Å². The number of thioether (sulfide) groups is 1. The number of nitrogens with zero attached hydrogens (tertiary/aromatic N) is 2. The molecule has 9 nitrogen and oxygen atoms in total. The predicted molar refractivity (Wildman–Crippen MR) is 107 cm³/mol. The highest BCUT2D eigenvalue weighted by Crippen LogP contribution is 2.22. The van der Waals surface area contributed by atoms with E-state index in [4.69, 9.17) is 4.74 Å². The van der Waals surface area contributed by atoms with Crippen LogP contribution in [0, 0.1) is 0 Å². The maximum absolute atomic E-state index is 12.2. The zero-order chi connectivity index (χ0) is 19.5. The van der Waals surface area contributed by atoms with Crippen LogP contribution in [-0.4, -0.2) is 43.9 Å². The van der Waals surface area contributed by atoms with Crippen LogP contribution in [-0.2, 0) is 4.79 Å². The normalized spacial score (nSPS) is 10.9. The van der Waals surface area contributed by atoms with E-state index in [-0.39, 0.29) is 17.3 Å². The van der Waals surface area contributed by atoms with Crippen LogP contribution in [0.4, 0.5) is 5.69 Å². The number of rotatable bonds is 6. The van der Waals surface area contributed by atoms with Crippen molar-refractivity contribution in [1.29, 1.82) is 0 Å². The van der Waals surface area contributed by atoms with Crippen molar-refractivity contribution in [2.75, 3.05) is 18.2 Å². The Hall–Kier alpha value is -3.53. The van der Waals surface area contributed by atoms with Crippen LogP contribution in [0.3, 0.4) is 0 Å². The van der Waals surface area contributed by atoms with Crippen LogP contribution in [0.25, 0.3) is 22.4 Å². The average Bonchev–Trinajstić information content (AvgIpc) is 3.32. The van der Waals surface area contributed by atoms with Crippen LogP contribution in [0.5, 0.6) is 5.75 Å². The molecule has 4 aromatic rings. The minimum atomic E-state index is -0.286. The maximum Gasteiger partial charge on any atom is 0.323 e. The molecule has 10 heteroatoms. The quantitative estimate of drug-likeness (QED) is 0.371. The number of carbonyl (C=O) groups excluding carboxylic acids is 1. The van der Waals surface area contributed by atoms with Gasteiger partial charge in [0.1, 0.15) is 5.75 Å². The van der Waals surface area contributed by atoms with Gasteiger partial charge in [0.2, 0.25) is 11.1 Å².